The molecule has 0 radical (unpaired) electrons. The molecular formula is C20H20BrN3O2. The summed E-state index contributed by atoms with van der Waals surface area (Å²) in [5.74, 6) is 0.897. The molecule has 2 aliphatic rings. The molecule has 0 aliphatic carbocycles. The molecule has 2 unspecified atom stereocenters. The molecule has 4 rings (SSSR count). The van der Waals surface area contributed by atoms with Gasteiger partial charge in [0, 0.05) is 23.0 Å². The number of guanidine groups is 1. The van der Waals surface area contributed by atoms with Gasteiger partial charge < -0.3 is 10.5 Å². The lowest BCUT2D eigenvalue weighted by Gasteiger charge is -2.37. The number of halogens is 1. The summed E-state index contributed by atoms with van der Waals surface area (Å²) in [6.07, 6.45) is 0.995. The molecule has 2 N–H and O–H groups in total. The van der Waals surface area contributed by atoms with Crippen LogP contribution in [0.3, 0.4) is 0 Å². The van der Waals surface area contributed by atoms with E-state index in [-0.39, 0.29) is 18.0 Å². The largest absolute Gasteiger partial charge is 0.485 e. The molecule has 2 aromatic rings. The lowest BCUT2D eigenvalue weighted by Crippen LogP contribution is -2.45. The van der Waals surface area contributed by atoms with E-state index in [0.717, 1.165) is 22.0 Å². The maximum atomic E-state index is 13.4. The smallest absolute Gasteiger partial charge is 0.262 e. The van der Waals surface area contributed by atoms with Crippen LogP contribution in [-0.4, -0.2) is 23.3 Å². The van der Waals surface area contributed by atoms with Gasteiger partial charge in [-0.2, -0.15) is 0 Å². The van der Waals surface area contributed by atoms with Crippen LogP contribution in [0.5, 0.6) is 5.75 Å². The van der Waals surface area contributed by atoms with Crippen molar-refractivity contribution in [3.8, 4) is 5.75 Å². The molecule has 6 heteroatoms. The summed E-state index contributed by atoms with van der Waals surface area (Å²) < 4.78 is 7.12. The summed E-state index contributed by atoms with van der Waals surface area (Å²) in [6, 6.07) is 15.7. The molecule has 5 nitrogen and oxygen atoms in total. The van der Waals surface area contributed by atoms with E-state index in [4.69, 9.17) is 10.5 Å². The number of fused-ring (bicyclic) bond motifs is 2. The van der Waals surface area contributed by atoms with Gasteiger partial charge in [0.25, 0.3) is 5.91 Å². The first-order valence-electron chi connectivity index (χ1n) is 8.74. The Morgan fingerprint density at radius 3 is 2.81 bits per heavy atom. The number of ether oxygens (including phenoxy) is 1. The molecule has 2 aliphatic heterocycles. The fourth-order valence-corrected chi connectivity index (χ4v) is 4.10. The van der Waals surface area contributed by atoms with E-state index in [1.165, 1.54) is 0 Å². The second-order valence-electron chi connectivity index (χ2n) is 6.65. The van der Waals surface area contributed by atoms with Crippen LogP contribution >= 0.6 is 15.9 Å². The summed E-state index contributed by atoms with van der Waals surface area (Å²) in [5.41, 5.74) is 6.91. The standard InChI is InChI=1S/C20H20BrN3O2/c1-2-10-24-18(25)20(23-19(24)22)12-17(13-6-4-3-5-7-13)26-16-9-8-14(21)11-15(16)20/h3-9,11,17H,2,10,12H2,1H3,(H2,22,23). The predicted molar refractivity (Wildman–Crippen MR) is 104 cm³/mol. The maximum Gasteiger partial charge on any atom is 0.262 e. The van der Waals surface area contributed by atoms with Crippen molar-refractivity contribution in [1.82, 2.24) is 4.90 Å². The van der Waals surface area contributed by atoms with Gasteiger partial charge in [-0.15, -0.1) is 0 Å². The topological polar surface area (TPSA) is 67.9 Å². The first-order valence-corrected chi connectivity index (χ1v) is 9.53. The van der Waals surface area contributed by atoms with Gasteiger partial charge in [0.05, 0.1) is 0 Å². The number of nitrogens with two attached hydrogens (primary N) is 1. The van der Waals surface area contributed by atoms with Gasteiger partial charge in [-0.1, -0.05) is 53.2 Å². The van der Waals surface area contributed by atoms with Gasteiger partial charge in [0.15, 0.2) is 11.5 Å². The summed E-state index contributed by atoms with van der Waals surface area (Å²) in [4.78, 5) is 19.7. The zero-order chi connectivity index (χ0) is 18.3. The highest BCUT2D eigenvalue weighted by atomic mass is 79.9. The van der Waals surface area contributed by atoms with E-state index in [1.54, 1.807) is 4.90 Å². The minimum absolute atomic E-state index is 0.0690. The van der Waals surface area contributed by atoms with Crippen molar-refractivity contribution in [2.45, 2.75) is 31.4 Å². The van der Waals surface area contributed by atoms with E-state index in [2.05, 4.69) is 20.9 Å². The third kappa shape index (κ3) is 2.60. The van der Waals surface area contributed by atoms with Crippen molar-refractivity contribution in [2.24, 2.45) is 10.7 Å². The van der Waals surface area contributed by atoms with E-state index >= 15 is 0 Å². The Labute approximate surface area is 161 Å². The summed E-state index contributed by atoms with van der Waals surface area (Å²) >= 11 is 3.50. The predicted octanol–water partition coefficient (Wildman–Crippen LogP) is 3.74. The molecule has 0 aromatic heterocycles. The fraction of sp³-hybridized carbons (Fsp3) is 0.300. The number of hydrogen-bond acceptors (Lipinski definition) is 4. The zero-order valence-corrected chi connectivity index (χ0v) is 16.1. The summed E-state index contributed by atoms with van der Waals surface area (Å²) in [5, 5.41) is 0. The van der Waals surface area contributed by atoms with Crippen LogP contribution in [0.25, 0.3) is 0 Å². The minimum Gasteiger partial charge on any atom is -0.485 e. The SMILES string of the molecule is CCCN1C(=O)C2(CC(c3ccccc3)Oc3ccc(Br)cc32)N=C1N. The van der Waals surface area contributed by atoms with Crippen LogP contribution in [0.4, 0.5) is 0 Å². The highest BCUT2D eigenvalue weighted by Crippen LogP contribution is 2.50. The van der Waals surface area contributed by atoms with Crippen molar-refractivity contribution in [3.63, 3.8) is 0 Å². The average molecular weight is 414 g/mol. The quantitative estimate of drug-likeness (QED) is 0.832. The first-order chi connectivity index (χ1) is 12.5. The molecule has 134 valence electrons. The van der Waals surface area contributed by atoms with Gasteiger partial charge in [0.1, 0.15) is 11.9 Å². The van der Waals surface area contributed by atoms with Crippen molar-refractivity contribution >= 4 is 27.8 Å². The number of carbonyl (C=O) groups excluding carboxylic acids is 1. The number of nitrogens with zero attached hydrogens (tertiary/aromatic N) is 2. The van der Waals surface area contributed by atoms with Crippen LogP contribution in [0.15, 0.2) is 58.0 Å². The van der Waals surface area contributed by atoms with Gasteiger partial charge in [-0.3, -0.25) is 9.69 Å². The number of carbonyl (C=O) groups is 1. The van der Waals surface area contributed by atoms with Crippen LogP contribution in [0, 0.1) is 0 Å². The third-order valence-electron chi connectivity index (χ3n) is 4.94. The molecule has 26 heavy (non-hydrogen) atoms. The molecule has 2 atom stereocenters. The lowest BCUT2D eigenvalue weighted by atomic mass is 9.80. The Hall–Kier alpha value is -2.34. The molecule has 0 fully saturated rings. The van der Waals surface area contributed by atoms with Crippen LogP contribution in [-0.2, 0) is 10.3 Å². The molecule has 2 aromatic carbocycles. The number of rotatable bonds is 3. The Morgan fingerprint density at radius 1 is 1.31 bits per heavy atom. The van der Waals surface area contributed by atoms with Gasteiger partial charge in [-0.05, 0) is 30.2 Å². The highest BCUT2D eigenvalue weighted by molar-refractivity contribution is 9.10. The van der Waals surface area contributed by atoms with E-state index in [9.17, 15) is 4.79 Å². The van der Waals surface area contributed by atoms with E-state index in [1.807, 2.05) is 55.5 Å². The highest BCUT2D eigenvalue weighted by Gasteiger charge is 2.54. The number of amides is 1. The van der Waals surface area contributed by atoms with Gasteiger partial charge in [-0.25, -0.2) is 4.99 Å². The van der Waals surface area contributed by atoms with Crippen molar-refractivity contribution in [1.29, 1.82) is 0 Å². The Bertz CT molecular complexity index is 884. The maximum absolute atomic E-state index is 13.4. The normalized spacial score (nSPS) is 24.4. The van der Waals surface area contributed by atoms with Crippen LogP contribution in [0.2, 0.25) is 0 Å². The summed E-state index contributed by atoms with van der Waals surface area (Å²) in [6.45, 7) is 2.59. The Balaban J connectivity index is 1.85. The summed E-state index contributed by atoms with van der Waals surface area (Å²) in [7, 11) is 0. The van der Waals surface area contributed by atoms with Gasteiger partial charge >= 0.3 is 0 Å². The molecule has 0 saturated heterocycles. The monoisotopic (exact) mass is 413 g/mol. The molecule has 0 bridgehead atoms. The van der Waals surface area contributed by atoms with Crippen molar-refractivity contribution in [2.75, 3.05) is 6.54 Å². The molecule has 1 amide bonds. The fourth-order valence-electron chi connectivity index (χ4n) is 3.73. The van der Waals surface area contributed by atoms with Crippen LogP contribution in [0.1, 0.15) is 37.0 Å². The van der Waals surface area contributed by atoms with E-state index < -0.39 is 5.54 Å². The first kappa shape index (κ1) is 17.1. The van der Waals surface area contributed by atoms with Crippen LogP contribution < -0.4 is 10.5 Å². The van der Waals surface area contributed by atoms with E-state index in [0.29, 0.717) is 18.7 Å². The second-order valence-corrected chi connectivity index (χ2v) is 7.56. The zero-order valence-electron chi connectivity index (χ0n) is 14.5. The third-order valence-corrected chi connectivity index (χ3v) is 5.43. The van der Waals surface area contributed by atoms with Crippen molar-refractivity contribution in [3.05, 3.63) is 64.1 Å². The second kappa shape index (κ2) is 6.43. The minimum atomic E-state index is -1.03. The molecule has 1 spiro atoms. The molecule has 0 saturated carbocycles. The lowest BCUT2D eigenvalue weighted by molar-refractivity contribution is -0.133. The number of hydrogen-bond donors (Lipinski definition) is 1. The Kier molecular flexibility index (Phi) is 4.23. The Morgan fingerprint density at radius 2 is 2.08 bits per heavy atom. The molecule has 2 heterocycles. The number of benzene rings is 2. The number of aliphatic imine (C=N–C) groups is 1. The van der Waals surface area contributed by atoms with Crippen molar-refractivity contribution < 1.29 is 9.53 Å². The van der Waals surface area contributed by atoms with Gasteiger partial charge in [0.2, 0.25) is 0 Å². The molecular weight excluding hydrogens is 394 g/mol. The average Bonchev–Trinajstić information content (AvgIpc) is 2.88.